The highest BCUT2D eigenvalue weighted by Crippen LogP contribution is 2.21. The van der Waals surface area contributed by atoms with Gasteiger partial charge >= 0.3 is 6.09 Å². The summed E-state index contributed by atoms with van der Waals surface area (Å²) in [6.07, 6.45) is -1.06. The number of hydrogen-bond acceptors (Lipinski definition) is 3. The highest BCUT2D eigenvalue weighted by atomic mass is 16.5. The van der Waals surface area contributed by atoms with Crippen molar-refractivity contribution in [3.05, 3.63) is 24.3 Å². The maximum atomic E-state index is 11.9. The van der Waals surface area contributed by atoms with E-state index in [1.54, 1.807) is 36.3 Å². The first-order valence-electron chi connectivity index (χ1n) is 5.54. The number of carboxylic acid groups (broad SMARTS) is 1. The average Bonchev–Trinajstić information content (AvgIpc) is 2.38. The minimum Gasteiger partial charge on any atom is -0.497 e. The highest BCUT2D eigenvalue weighted by Gasteiger charge is 2.27. The second kappa shape index (κ2) is 4.95. The largest absolute Gasteiger partial charge is 0.497 e. The van der Waals surface area contributed by atoms with Gasteiger partial charge in [0.15, 0.2) is 0 Å². The maximum Gasteiger partial charge on any atom is 0.407 e. The Labute approximate surface area is 104 Å². The quantitative estimate of drug-likeness (QED) is 0.850. The van der Waals surface area contributed by atoms with E-state index in [4.69, 9.17) is 9.84 Å². The van der Waals surface area contributed by atoms with Crippen molar-refractivity contribution >= 4 is 17.7 Å². The Bertz CT molecular complexity index is 458. The smallest absolute Gasteiger partial charge is 0.407 e. The average molecular weight is 250 g/mol. The van der Waals surface area contributed by atoms with Crippen LogP contribution in [-0.4, -0.2) is 48.8 Å². The molecule has 0 saturated carbocycles. The van der Waals surface area contributed by atoms with Gasteiger partial charge in [0, 0.05) is 18.8 Å². The first-order valence-corrected chi connectivity index (χ1v) is 5.54. The lowest BCUT2D eigenvalue weighted by Crippen LogP contribution is -2.52. The SMILES string of the molecule is COc1ccc(N2CCN(C(=O)O)CC2=O)cc1. The van der Waals surface area contributed by atoms with Gasteiger partial charge in [-0.25, -0.2) is 4.79 Å². The van der Waals surface area contributed by atoms with E-state index in [1.165, 1.54) is 0 Å². The molecule has 2 rings (SSSR count). The molecule has 0 spiro atoms. The summed E-state index contributed by atoms with van der Waals surface area (Å²) in [4.78, 5) is 25.3. The molecular weight excluding hydrogens is 236 g/mol. The van der Waals surface area contributed by atoms with Crippen LogP contribution in [-0.2, 0) is 4.79 Å². The fraction of sp³-hybridized carbons (Fsp3) is 0.333. The summed E-state index contributed by atoms with van der Waals surface area (Å²) in [5, 5.41) is 8.82. The lowest BCUT2D eigenvalue weighted by molar-refractivity contribution is -0.120. The number of piperazine rings is 1. The topological polar surface area (TPSA) is 70.1 Å². The van der Waals surface area contributed by atoms with Crippen molar-refractivity contribution in [2.24, 2.45) is 0 Å². The molecule has 6 heteroatoms. The number of carbonyl (C=O) groups is 2. The third-order valence-electron chi connectivity index (χ3n) is 2.88. The van der Waals surface area contributed by atoms with Crippen molar-refractivity contribution in [2.45, 2.75) is 0 Å². The molecule has 1 N–H and O–H groups in total. The number of amides is 2. The van der Waals surface area contributed by atoms with Crippen LogP contribution in [0.15, 0.2) is 24.3 Å². The molecule has 0 bridgehead atoms. The van der Waals surface area contributed by atoms with E-state index in [9.17, 15) is 9.59 Å². The summed E-state index contributed by atoms with van der Waals surface area (Å²) in [6.45, 7) is 0.603. The predicted molar refractivity (Wildman–Crippen MR) is 64.9 cm³/mol. The van der Waals surface area contributed by atoms with Gasteiger partial charge in [-0.15, -0.1) is 0 Å². The Kier molecular flexibility index (Phi) is 3.36. The minimum absolute atomic E-state index is 0.0959. The fourth-order valence-corrected chi connectivity index (χ4v) is 1.87. The van der Waals surface area contributed by atoms with Crippen LogP contribution in [0.3, 0.4) is 0 Å². The summed E-state index contributed by atoms with van der Waals surface area (Å²) in [6, 6.07) is 7.11. The molecular formula is C12H14N2O4. The van der Waals surface area contributed by atoms with E-state index in [2.05, 4.69) is 0 Å². The number of anilines is 1. The number of benzene rings is 1. The van der Waals surface area contributed by atoms with Crippen LogP contribution in [0.1, 0.15) is 0 Å². The molecule has 6 nitrogen and oxygen atoms in total. The van der Waals surface area contributed by atoms with Gasteiger partial charge in [-0.05, 0) is 24.3 Å². The lowest BCUT2D eigenvalue weighted by atomic mass is 10.2. The van der Waals surface area contributed by atoms with Crippen molar-refractivity contribution in [2.75, 3.05) is 31.6 Å². The Morgan fingerprint density at radius 1 is 1.28 bits per heavy atom. The molecule has 1 saturated heterocycles. The number of methoxy groups -OCH3 is 1. The molecule has 0 aromatic heterocycles. The van der Waals surface area contributed by atoms with E-state index in [0.29, 0.717) is 13.1 Å². The van der Waals surface area contributed by atoms with Crippen LogP contribution >= 0.6 is 0 Å². The molecule has 1 aromatic rings. The van der Waals surface area contributed by atoms with E-state index in [-0.39, 0.29) is 12.5 Å². The molecule has 18 heavy (non-hydrogen) atoms. The molecule has 1 heterocycles. The summed E-state index contributed by atoms with van der Waals surface area (Å²) >= 11 is 0. The zero-order chi connectivity index (χ0) is 13.1. The molecule has 0 atom stereocenters. The van der Waals surface area contributed by atoms with Gasteiger partial charge in [0.1, 0.15) is 12.3 Å². The monoisotopic (exact) mass is 250 g/mol. The Balaban J connectivity index is 2.10. The predicted octanol–water partition coefficient (Wildman–Crippen LogP) is 1.02. The number of carbonyl (C=O) groups excluding carboxylic acids is 1. The molecule has 1 fully saturated rings. The standard InChI is InChI=1S/C12H14N2O4/c1-18-10-4-2-9(3-5-10)14-7-6-13(12(16)17)8-11(14)15/h2-5H,6-8H2,1H3,(H,16,17). The maximum absolute atomic E-state index is 11.9. The summed E-state index contributed by atoms with van der Waals surface area (Å²) in [5.41, 5.74) is 0.755. The van der Waals surface area contributed by atoms with E-state index in [0.717, 1.165) is 16.3 Å². The third kappa shape index (κ3) is 2.37. The molecule has 0 aliphatic carbocycles. The highest BCUT2D eigenvalue weighted by molar-refractivity contribution is 5.97. The number of hydrogen-bond donors (Lipinski definition) is 1. The molecule has 0 radical (unpaired) electrons. The molecule has 1 aromatic carbocycles. The van der Waals surface area contributed by atoms with E-state index in [1.807, 2.05) is 0 Å². The van der Waals surface area contributed by atoms with Crippen LogP contribution in [0.5, 0.6) is 5.75 Å². The first kappa shape index (κ1) is 12.2. The molecule has 1 aliphatic heterocycles. The van der Waals surface area contributed by atoms with Crippen LogP contribution < -0.4 is 9.64 Å². The van der Waals surface area contributed by atoms with Crippen LogP contribution in [0.2, 0.25) is 0 Å². The Morgan fingerprint density at radius 2 is 1.94 bits per heavy atom. The van der Waals surface area contributed by atoms with Crippen molar-refractivity contribution in [1.29, 1.82) is 0 Å². The zero-order valence-electron chi connectivity index (χ0n) is 10.00. The van der Waals surface area contributed by atoms with Crippen LogP contribution in [0, 0.1) is 0 Å². The van der Waals surface area contributed by atoms with Gasteiger partial charge in [0.25, 0.3) is 0 Å². The van der Waals surface area contributed by atoms with Gasteiger partial charge in [0.2, 0.25) is 5.91 Å². The van der Waals surface area contributed by atoms with E-state index >= 15 is 0 Å². The van der Waals surface area contributed by atoms with Gasteiger partial charge in [-0.3, -0.25) is 9.69 Å². The van der Waals surface area contributed by atoms with Gasteiger partial charge in [0.05, 0.1) is 7.11 Å². The van der Waals surface area contributed by atoms with Crippen LogP contribution in [0.4, 0.5) is 10.5 Å². The Morgan fingerprint density at radius 3 is 2.44 bits per heavy atom. The van der Waals surface area contributed by atoms with Crippen LogP contribution in [0.25, 0.3) is 0 Å². The normalized spacial score (nSPS) is 15.7. The lowest BCUT2D eigenvalue weighted by Gasteiger charge is -2.32. The summed E-state index contributed by atoms with van der Waals surface area (Å²) in [7, 11) is 1.58. The van der Waals surface area contributed by atoms with Crippen molar-refractivity contribution in [1.82, 2.24) is 4.90 Å². The summed E-state index contributed by atoms with van der Waals surface area (Å²) < 4.78 is 5.04. The van der Waals surface area contributed by atoms with Gasteiger partial charge in [-0.1, -0.05) is 0 Å². The second-order valence-corrected chi connectivity index (χ2v) is 3.95. The third-order valence-corrected chi connectivity index (χ3v) is 2.88. The van der Waals surface area contributed by atoms with Gasteiger partial charge < -0.3 is 14.7 Å². The summed E-state index contributed by atoms with van der Waals surface area (Å²) in [5.74, 6) is 0.504. The minimum atomic E-state index is -1.06. The number of ether oxygens (including phenoxy) is 1. The number of nitrogens with zero attached hydrogens (tertiary/aromatic N) is 2. The molecule has 96 valence electrons. The Hall–Kier alpha value is -2.24. The van der Waals surface area contributed by atoms with Gasteiger partial charge in [-0.2, -0.15) is 0 Å². The van der Waals surface area contributed by atoms with Crippen molar-refractivity contribution < 1.29 is 19.4 Å². The molecule has 2 amide bonds. The van der Waals surface area contributed by atoms with Crippen molar-refractivity contribution in [3.63, 3.8) is 0 Å². The first-order chi connectivity index (χ1) is 8.61. The fourth-order valence-electron chi connectivity index (χ4n) is 1.87. The number of rotatable bonds is 2. The zero-order valence-corrected chi connectivity index (χ0v) is 10.00. The molecule has 0 unspecified atom stereocenters. The second-order valence-electron chi connectivity index (χ2n) is 3.95. The van der Waals surface area contributed by atoms with E-state index < -0.39 is 6.09 Å². The molecule has 1 aliphatic rings. The van der Waals surface area contributed by atoms with Crippen molar-refractivity contribution in [3.8, 4) is 5.75 Å².